The number of thioether (sulfide) groups is 1. The van der Waals surface area contributed by atoms with Crippen LogP contribution in [0.15, 0.2) is 104 Å². The van der Waals surface area contributed by atoms with Crippen molar-refractivity contribution in [3.63, 3.8) is 0 Å². The summed E-state index contributed by atoms with van der Waals surface area (Å²) in [6, 6.07) is 25.7. The van der Waals surface area contributed by atoms with Crippen LogP contribution in [0.3, 0.4) is 0 Å². The molecule has 0 saturated carbocycles. The third kappa shape index (κ3) is 7.88. The van der Waals surface area contributed by atoms with Crippen molar-refractivity contribution in [3.05, 3.63) is 125 Å². The zero-order valence-electron chi connectivity index (χ0n) is 22.6. The summed E-state index contributed by atoms with van der Waals surface area (Å²) in [4.78, 5) is 31.9. The monoisotopic (exact) mass is 832 g/mol. The molecule has 0 bridgehead atoms. The van der Waals surface area contributed by atoms with Crippen molar-refractivity contribution < 1.29 is 24.2 Å². The highest BCUT2D eigenvalue weighted by Crippen LogP contribution is 2.39. The van der Waals surface area contributed by atoms with E-state index in [0.29, 0.717) is 33.9 Å². The molecule has 0 spiro atoms. The van der Waals surface area contributed by atoms with Crippen LogP contribution < -0.4 is 9.47 Å². The fourth-order valence-electron chi connectivity index (χ4n) is 4.12. The number of amides is 1. The number of hydrogen-bond donors (Lipinski definition) is 1. The third-order valence-electron chi connectivity index (χ3n) is 6.34. The molecule has 1 aliphatic heterocycles. The van der Waals surface area contributed by atoms with E-state index in [0.717, 1.165) is 29.2 Å². The summed E-state index contributed by atoms with van der Waals surface area (Å²) in [6.45, 7) is 0.646. The Bertz CT molecular complexity index is 1700. The van der Waals surface area contributed by atoms with E-state index in [4.69, 9.17) is 14.5 Å². The molecule has 0 atom stereocenters. The number of carboxylic acids is 1. The maximum Gasteiger partial charge on any atom is 0.335 e. The number of methoxy groups -OCH3 is 1. The van der Waals surface area contributed by atoms with Crippen molar-refractivity contribution in [2.24, 2.45) is 4.99 Å². The fourth-order valence-corrected chi connectivity index (χ4v) is 6.93. The zero-order valence-corrected chi connectivity index (χ0v) is 28.7. The Morgan fingerprint density at radius 2 is 1.60 bits per heavy atom. The summed E-state index contributed by atoms with van der Waals surface area (Å²) in [7, 11) is 1.60. The lowest BCUT2D eigenvalue weighted by Gasteiger charge is -2.16. The van der Waals surface area contributed by atoms with Crippen LogP contribution in [-0.2, 0) is 17.9 Å². The molecular weight excluding hydrogens is 811 g/mol. The fraction of sp³-hybridized carbons (Fsp3) is 0.0938. The molecule has 4 aromatic rings. The average Bonchev–Trinajstić information content (AvgIpc) is 3.27. The largest absolute Gasteiger partial charge is 0.497 e. The minimum Gasteiger partial charge on any atom is -0.497 e. The van der Waals surface area contributed by atoms with Crippen LogP contribution in [0.2, 0.25) is 0 Å². The number of rotatable bonds is 9. The van der Waals surface area contributed by atoms with Gasteiger partial charge in [-0.3, -0.25) is 9.69 Å². The van der Waals surface area contributed by atoms with Gasteiger partial charge < -0.3 is 14.6 Å². The lowest BCUT2D eigenvalue weighted by Crippen LogP contribution is -2.28. The molecule has 11 heteroatoms. The first-order chi connectivity index (χ1) is 20.7. The molecule has 4 aromatic carbocycles. The molecule has 218 valence electrons. The molecule has 1 fully saturated rings. The number of carbonyl (C=O) groups excluding carboxylic acids is 1. The number of amidine groups is 1. The Morgan fingerprint density at radius 3 is 2.21 bits per heavy atom. The molecule has 5 rings (SSSR count). The number of carboxylic acid groups (broad SMARTS) is 1. The van der Waals surface area contributed by atoms with Gasteiger partial charge in [-0.25, -0.2) is 9.79 Å². The second kappa shape index (κ2) is 14.1. The van der Waals surface area contributed by atoms with Crippen LogP contribution in [0.25, 0.3) is 6.08 Å². The first-order valence-electron chi connectivity index (χ1n) is 12.8. The van der Waals surface area contributed by atoms with Crippen LogP contribution in [-0.4, -0.2) is 34.2 Å². The summed E-state index contributed by atoms with van der Waals surface area (Å²) < 4.78 is 14.0. The highest BCUT2D eigenvalue weighted by Gasteiger charge is 2.33. The summed E-state index contributed by atoms with van der Waals surface area (Å²) in [5, 5.41) is 9.76. The van der Waals surface area contributed by atoms with E-state index in [1.807, 2.05) is 66.7 Å². The summed E-state index contributed by atoms with van der Waals surface area (Å²) in [5.74, 6) is 0.164. The molecule has 0 unspecified atom stereocenters. The van der Waals surface area contributed by atoms with Gasteiger partial charge in [-0.2, -0.15) is 0 Å². The summed E-state index contributed by atoms with van der Waals surface area (Å²) in [6.07, 6.45) is 1.82. The predicted octanol–water partition coefficient (Wildman–Crippen LogP) is 8.91. The van der Waals surface area contributed by atoms with Crippen molar-refractivity contribution in [1.29, 1.82) is 0 Å². The Hall–Kier alpha value is -3.13. The second-order valence-corrected chi connectivity index (χ2v) is 13.3. The molecule has 1 amide bonds. The Labute approximate surface area is 283 Å². The van der Waals surface area contributed by atoms with Crippen molar-refractivity contribution in [2.75, 3.05) is 7.11 Å². The molecule has 1 aliphatic rings. The summed E-state index contributed by atoms with van der Waals surface area (Å²) >= 11 is 10.8. The molecule has 0 radical (unpaired) electrons. The van der Waals surface area contributed by atoms with Crippen molar-refractivity contribution in [3.8, 4) is 11.5 Å². The molecule has 0 aliphatic carbocycles. The quantitative estimate of drug-likeness (QED) is 0.134. The molecule has 7 nitrogen and oxygen atoms in total. The minimum absolute atomic E-state index is 0.181. The van der Waals surface area contributed by atoms with E-state index in [1.165, 1.54) is 23.9 Å². The van der Waals surface area contributed by atoms with E-state index in [2.05, 4.69) is 54.5 Å². The third-order valence-corrected chi connectivity index (χ3v) is 9.25. The van der Waals surface area contributed by atoms with Gasteiger partial charge in [-0.1, -0.05) is 24.3 Å². The van der Waals surface area contributed by atoms with Crippen molar-refractivity contribution >= 4 is 95.0 Å². The Balaban J connectivity index is 1.42. The van der Waals surface area contributed by atoms with Gasteiger partial charge in [-0.05, 0) is 150 Å². The predicted molar refractivity (Wildman–Crippen MR) is 185 cm³/mol. The highest BCUT2D eigenvalue weighted by atomic mass is 127. The van der Waals surface area contributed by atoms with Gasteiger partial charge in [0, 0.05) is 3.57 Å². The van der Waals surface area contributed by atoms with Gasteiger partial charge in [0.05, 0.1) is 38.8 Å². The van der Waals surface area contributed by atoms with Crippen molar-refractivity contribution in [1.82, 2.24) is 4.90 Å². The van der Waals surface area contributed by atoms with Gasteiger partial charge in [0.2, 0.25) is 0 Å². The number of aromatic carboxylic acids is 1. The number of nitrogens with zero attached hydrogens (tertiary/aromatic N) is 2. The van der Waals surface area contributed by atoms with Gasteiger partial charge in [0.15, 0.2) is 5.17 Å². The van der Waals surface area contributed by atoms with Crippen LogP contribution in [0.5, 0.6) is 11.5 Å². The summed E-state index contributed by atoms with van der Waals surface area (Å²) in [5.41, 5.74) is 3.49. The standard InChI is InChI=1S/C32H23Br2IN2O5S/c1-41-25-12-10-24(11-13-25)36-32-37(17-19-2-6-22(7-3-19)31(39)40)30(38)28(43-32)16-21-14-26(33)29(27(34)15-21)42-18-20-4-8-23(35)9-5-20/h2-16H,17-18H2,1H3,(H,39,40)/b28-16-,36-32?. The maximum absolute atomic E-state index is 13.7. The number of aliphatic imine (C=N–C) groups is 1. The SMILES string of the molecule is COc1ccc(N=C2S/C(=C\c3cc(Br)c(OCc4ccc(I)cc4)c(Br)c3)C(=O)N2Cc2ccc(C(=O)O)cc2)cc1. The first-order valence-corrected chi connectivity index (χ1v) is 16.3. The van der Waals surface area contributed by atoms with Crippen LogP contribution in [0.4, 0.5) is 5.69 Å². The van der Waals surface area contributed by atoms with Crippen molar-refractivity contribution in [2.45, 2.75) is 13.2 Å². The van der Waals surface area contributed by atoms with Crippen LogP contribution in [0.1, 0.15) is 27.0 Å². The number of benzene rings is 4. The van der Waals surface area contributed by atoms with E-state index in [1.54, 1.807) is 24.1 Å². The van der Waals surface area contributed by atoms with Gasteiger partial charge in [-0.15, -0.1) is 0 Å². The van der Waals surface area contributed by atoms with Crippen LogP contribution in [0, 0.1) is 3.57 Å². The number of ether oxygens (including phenoxy) is 2. The highest BCUT2D eigenvalue weighted by molar-refractivity contribution is 14.1. The second-order valence-electron chi connectivity index (χ2n) is 9.33. The molecule has 0 aromatic heterocycles. The Morgan fingerprint density at radius 1 is 0.977 bits per heavy atom. The molecule has 1 heterocycles. The first kappa shape index (κ1) is 31.3. The zero-order chi connectivity index (χ0) is 30.5. The van der Waals surface area contributed by atoms with E-state index in [9.17, 15) is 14.7 Å². The van der Waals surface area contributed by atoms with E-state index >= 15 is 0 Å². The van der Waals surface area contributed by atoms with E-state index < -0.39 is 5.97 Å². The molecule has 1 N–H and O–H groups in total. The number of carbonyl (C=O) groups is 2. The lowest BCUT2D eigenvalue weighted by molar-refractivity contribution is -0.122. The molecule has 43 heavy (non-hydrogen) atoms. The Kier molecular flexibility index (Phi) is 10.3. The van der Waals surface area contributed by atoms with E-state index in [-0.39, 0.29) is 18.0 Å². The molecular formula is C32H23Br2IN2O5S. The topological polar surface area (TPSA) is 88.4 Å². The average molecular weight is 834 g/mol. The van der Waals surface area contributed by atoms with Gasteiger partial charge >= 0.3 is 5.97 Å². The van der Waals surface area contributed by atoms with Crippen LogP contribution >= 0.6 is 66.2 Å². The lowest BCUT2D eigenvalue weighted by atomic mass is 10.1. The van der Waals surface area contributed by atoms with Gasteiger partial charge in [0.1, 0.15) is 18.1 Å². The number of hydrogen-bond acceptors (Lipinski definition) is 6. The van der Waals surface area contributed by atoms with Gasteiger partial charge in [0.25, 0.3) is 5.91 Å². The minimum atomic E-state index is -1.00. The normalized spacial score (nSPS) is 14.9. The maximum atomic E-state index is 13.7. The molecule has 1 saturated heterocycles. The number of halogens is 3. The smallest absolute Gasteiger partial charge is 0.335 e.